The Balaban J connectivity index is 2.83. The molecule has 5 nitrogen and oxygen atoms in total. The SMILES string of the molecule is C/C(=C/C(=O)Nc1cccc(C(F)(F)F)c1)OS(C)(=O)=O. The summed E-state index contributed by atoms with van der Waals surface area (Å²) in [6.07, 6.45) is -2.90. The Morgan fingerprint density at radius 1 is 1.33 bits per heavy atom. The van der Waals surface area contributed by atoms with Crippen LogP contribution in [0.25, 0.3) is 0 Å². The molecule has 0 unspecified atom stereocenters. The van der Waals surface area contributed by atoms with Gasteiger partial charge in [0.1, 0.15) is 5.76 Å². The maximum atomic E-state index is 12.5. The number of amides is 1. The number of nitrogens with one attached hydrogen (secondary N) is 1. The Hall–Kier alpha value is -2.03. The topological polar surface area (TPSA) is 72.5 Å². The second-order valence-corrected chi connectivity index (χ2v) is 5.69. The summed E-state index contributed by atoms with van der Waals surface area (Å²) in [5.74, 6) is -1.02. The van der Waals surface area contributed by atoms with Crippen LogP contribution in [0.5, 0.6) is 0 Å². The van der Waals surface area contributed by atoms with Crippen LogP contribution in [0.15, 0.2) is 36.1 Å². The third-order valence-corrected chi connectivity index (χ3v) is 2.64. The largest absolute Gasteiger partial charge is 0.416 e. The first-order valence-corrected chi connectivity index (χ1v) is 7.35. The highest BCUT2D eigenvalue weighted by molar-refractivity contribution is 7.86. The molecule has 1 N–H and O–H groups in total. The summed E-state index contributed by atoms with van der Waals surface area (Å²) in [7, 11) is -3.76. The molecule has 1 amide bonds. The minimum absolute atomic E-state index is 0.0711. The van der Waals surface area contributed by atoms with Gasteiger partial charge in [-0.05, 0) is 25.1 Å². The first kappa shape index (κ1) is 17.0. The average molecular weight is 323 g/mol. The van der Waals surface area contributed by atoms with Crippen molar-refractivity contribution in [2.75, 3.05) is 11.6 Å². The van der Waals surface area contributed by atoms with E-state index < -0.39 is 27.8 Å². The molecule has 0 aromatic heterocycles. The van der Waals surface area contributed by atoms with Gasteiger partial charge < -0.3 is 9.50 Å². The molecule has 1 aromatic carbocycles. The van der Waals surface area contributed by atoms with Crippen LogP contribution < -0.4 is 5.32 Å². The van der Waals surface area contributed by atoms with Crippen molar-refractivity contribution in [1.82, 2.24) is 0 Å². The molecule has 0 saturated carbocycles. The zero-order valence-corrected chi connectivity index (χ0v) is 11.9. The van der Waals surface area contributed by atoms with Crippen LogP contribution in [0.4, 0.5) is 18.9 Å². The Morgan fingerprint density at radius 2 is 1.95 bits per heavy atom. The lowest BCUT2D eigenvalue weighted by Crippen LogP contribution is -2.12. The van der Waals surface area contributed by atoms with E-state index in [1.165, 1.54) is 13.0 Å². The molecule has 116 valence electrons. The Labute approximate surface area is 119 Å². The second-order valence-electron chi connectivity index (χ2n) is 4.11. The van der Waals surface area contributed by atoms with Gasteiger partial charge in [0.2, 0.25) is 0 Å². The van der Waals surface area contributed by atoms with Crippen molar-refractivity contribution in [1.29, 1.82) is 0 Å². The quantitative estimate of drug-likeness (QED) is 0.525. The van der Waals surface area contributed by atoms with Gasteiger partial charge in [0.15, 0.2) is 0 Å². The minimum Gasteiger partial charge on any atom is -0.387 e. The maximum Gasteiger partial charge on any atom is 0.416 e. The summed E-state index contributed by atoms with van der Waals surface area (Å²) < 4.78 is 63.5. The third kappa shape index (κ3) is 6.30. The minimum atomic E-state index is -4.52. The van der Waals surface area contributed by atoms with Crippen LogP contribution >= 0.6 is 0 Å². The zero-order valence-electron chi connectivity index (χ0n) is 11.1. The van der Waals surface area contributed by atoms with Gasteiger partial charge in [-0.1, -0.05) is 6.07 Å². The van der Waals surface area contributed by atoms with Crippen LogP contribution in [0.2, 0.25) is 0 Å². The van der Waals surface area contributed by atoms with E-state index in [2.05, 4.69) is 9.50 Å². The van der Waals surface area contributed by atoms with Crippen molar-refractivity contribution in [2.45, 2.75) is 13.1 Å². The van der Waals surface area contributed by atoms with Crippen molar-refractivity contribution in [3.05, 3.63) is 41.7 Å². The number of anilines is 1. The molecule has 0 atom stereocenters. The van der Waals surface area contributed by atoms with Crippen LogP contribution in [-0.2, 0) is 25.3 Å². The fourth-order valence-corrected chi connectivity index (χ4v) is 1.92. The summed E-state index contributed by atoms with van der Waals surface area (Å²) in [6.45, 7) is 1.23. The van der Waals surface area contributed by atoms with E-state index in [-0.39, 0.29) is 11.4 Å². The smallest absolute Gasteiger partial charge is 0.387 e. The Morgan fingerprint density at radius 3 is 2.48 bits per heavy atom. The van der Waals surface area contributed by atoms with Crippen LogP contribution in [0.3, 0.4) is 0 Å². The Kier molecular flexibility index (Phi) is 5.00. The number of hydrogen-bond acceptors (Lipinski definition) is 4. The van der Waals surface area contributed by atoms with E-state index in [0.717, 1.165) is 30.5 Å². The lowest BCUT2D eigenvalue weighted by molar-refractivity contribution is -0.137. The van der Waals surface area contributed by atoms with Crippen LogP contribution in [-0.4, -0.2) is 20.6 Å². The molecule has 0 heterocycles. The first-order chi connectivity index (χ1) is 9.47. The molecule has 0 fully saturated rings. The number of carbonyl (C=O) groups is 1. The summed E-state index contributed by atoms with van der Waals surface area (Å²) in [4.78, 5) is 11.5. The van der Waals surface area contributed by atoms with E-state index in [9.17, 15) is 26.4 Å². The summed E-state index contributed by atoms with van der Waals surface area (Å²) in [5, 5.41) is 2.18. The van der Waals surface area contributed by atoms with E-state index in [0.29, 0.717) is 0 Å². The molecule has 21 heavy (non-hydrogen) atoms. The van der Waals surface area contributed by atoms with Crippen molar-refractivity contribution in [2.24, 2.45) is 0 Å². The van der Waals surface area contributed by atoms with Crippen molar-refractivity contribution in [3.8, 4) is 0 Å². The fourth-order valence-electron chi connectivity index (χ4n) is 1.40. The predicted octanol–water partition coefficient (Wildman–Crippen LogP) is 2.52. The van der Waals surface area contributed by atoms with E-state index in [1.54, 1.807) is 0 Å². The molecule has 9 heteroatoms. The van der Waals surface area contributed by atoms with Crippen LogP contribution in [0.1, 0.15) is 12.5 Å². The van der Waals surface area contributed by atoms with Gasteiger partial charge >= 0.3 is 16.3 Å². The number of allylic oxidation sites excluding steroid dienone is 1. The standard InChI is InChI=1S/C12H12F3NO4S/c1-8(20-21(2,18)19)6-11(17)16-10-5-3-4-9(7-10)12(13,14)15/h3-7H,1-2H3,(H,16,17)/b8-6-. The number of rotatable bonds is 4. The van der Waals surface area contributed by atoms with Crippen molar-refractivity contribution < 1.29 is 30.6 Å². The average Bonchev–Trinajstić information content (AvgIpc) is 2.24. The van der Waals surface area contributed by atoms with Gasteiger partial charge in [0, 0.05) is 11.8 Å². The predicted molar refractivity (Wildman–Crippen MR) is 69.8 cm³/mol. The molecule has 1 rings (SSSR count). The van der Waals surface area contributed by atoms with Crippen molar-refractivity contribution >= 4 is 21.7 Å². The fraction of sp³-hybridized carbons (Fsp3) is 0.250. The normalized spacial score (nSPS) is 12.9. The summed E-state index contributed by atoms with van der Waals surface area (Å²) in [5.41, 5.74) is -0.980. The van der Waals surface area contributed by atoms with E-state index in [4.69, 9.17) is 0 Å². The van der Waals surface area contributed by atoms with Gasteiger partial charge in [-0.3, -0.25) is 4.79 Å². The Bertz CT molecular complexity index is 665. The molecular formula is C12H12F3NO4S. The molecule has 0 radical (unpaired) electrons. The zero-order chi connectivity index (χ0) is 16.3. The highest BCUT2D eigenvalue weighted by Gasteiger charge is 2.30. The lowest BCUT2D eigenvalue weighted by Gasteiger charge is -2.09. The highest BCUT2D eigenvalue weighted by atomic mass is 32.2. The lowest BCUT2D eigenvalue weighted by atomic mass is 10.2. The van der Waals surface area contributed by atoms with Gasteiger partial charge in [0.05, 0.1) is 11.8 Å². The molecule has 0 saturated heterocycles. The number of halogens is 3. The first-order valence-electron chi connectivity index (χ1n) is 5.53. The number of carbonyl (C=O) groups excluding carboxylic acids is 1. The third-order valence-electron chi connectivity index (χ3n) is 2.07. The molecule has 0 aliphatic carbocycles. The number of alkyl halides is 3. The molecule has 0 spiro atoms. The second kappa shape index (κ2) is 6.17. The molecule has 0 bridgehead atoms. The van der Waals surface area contributed by atoms with Gasteiger partial charge in [-0.2, -0.15) is 21.6 Å². The summed E-state index contributed by atoms with van der Waals surface area (Å²) >= 11 is 0. The maximum absolute atomic E-state index is 12.5. The van der Waals surface area contributed by atoms with Gasteiger partial charge in [0.25, 0.3) is 5.91 Å². The molecule has 1 aromatic rings. The van der Waals surface area contributed by atoms with E-state index in [1.807, 2.05) is 0 Å². The van der Waals surface area contributed by atoms with Gasteiger partial charge in [-0.25, -0.2) is 0 Å². The summed E-state index contributed by atoms with van der Waals surface area (Å²) in [6, 6.07) is 4.04. The monoisotopic (exact) mass is 323 g/mol. The highest BCUT2D eigenvalue weighted by Crippen LogP contribution is 2.30. The molecule has 0 aliphatic rings. The van der Waals surface area contributed by atoms with Gasteiger partial charge in [-0.15, -0.1) is 0 Å². The number of hydrogen-bond donors (Lipinski definition) is 1. The van der Waals surface area contributed by atoms with Crippen molar-refractivity contribution in [3.63, 3.8) is 0 Å². The molecule has 0 aliphatic heterocycles. The van der Waals surface area contributed by atoms with Crippen LogP contribution in [0, 0.1) is 0 Å². The van der Waals surface area contributed by atoms with E-state index >= 15 is 0 Å². The number of benzene rings is 1. The molecular weight excluding hydrogens is 311 g/mol.